The molecule has 2 amide bonds. The lowest BCUT2D eigenvalue weighted by Gasteiger charge is -2.28. The summed E-state index contributed by atoms with van der Waals surface area (Å²) in [6.07, 6.45) is -0.0505. The predicted octanol–water partition coefficient (Wildman–Crippen LogP) is 2.39. The summed E-state index contributed by atoms with van der Waals surface area (Å²) in [6.45, 7) is 6.90. The minimum Gasteiger partial charge on any atom is -0.481 e. The predicted molar refractivity (Wildman–Crippen MR) is 82.5 cm³/mol. The number of nitrogens with zero attached hydrogens (tertiary/aromatic N) is 1. The van der Waals surface area contributed by atoms with Crippen LogP contribution in [0.3, 0.4) is 0 Å². The number of rotatable bonds is 6. The number of hydrogen-bond acceptors (Lipinski definition) is 2. The molecule has 0 heterocycles. The Kier molecular flexibility index (Phi) is 5.76. The molecule has 21 heavy (non-hydrogen) atoms. The molecule has 0 atom stereocenters. The highest BCUT2D eigenvalue weighted by molar-refractivity contribution is 5.75. The van der Waals surface area contributed by atoms with Gasteiger partial charge >= 0.3 is 12.0 Å². The molecule has 1 rings (SSSR count). The summed E-state index contributed by atoms with van der Waals surface area (Å²) in [6, 6.07) is 7.85. The van der Waals surface area contributed by atoms with Gasteiger partial charge in [0.05, 0.1) is 6.42 Å². The maximum Gasteiger partial charge on any atom is 0.317 e. The normalized spacial score (nSPS) is 11.0. The van der Waals surface area contributed by atoms with Crippen LogP contribution in [0.5, 0.6) is 0 Å². The number of carbonyl (C=O) groups excluding carboxylic acids is 1. The molecule has 116 valence electrons. The fraction of sp³-hybridized carbons (Fsp3) is 0.500. The summed E-state index contributed by atoms with van der Waals surface area (Å²) in [5.74, 6) is -0.908. The van der Waals surface area contributed by atoms with Gasteiger partial charge in [0.1, 0.15) is 0 Å². The third-order valence-corrected chi connectivity index (χ3v) is 3.56. The van der Waals surface area contributed by atoms with Gasteiger partial charge in [0, 0.05) is 25.6 Å². The van der Waals surface area contributed by atoms with Crippen LogP contribution in [0, 0.1) is 6.92 Å². The first-order valence-corrected chi connectivity index (χ1v) is 7.01. The van der Waals surface area contributed by atoms with Crippen molar-refractivity contribution in [3.05, 3.63) is 35.4 Å². The molecule has 5 nitrogen and oxygen atoms in total. The van der Waals surface area contributed by atoms with Crippen molar-refractivity contribution in [1.29, 1.82) is 0 Å². The van der Waals surface area contributed by atoms with Crippen LogP contribution in [0.25, 0.3) is 0 Å². The molecule has 0 unspecified atom stereocenters. The Morgan fingerprint density at radius 2 is 1.90 bits per heavy atom. The first kappa shape index (κ1) is 17.0. The van der Waals surface area contributed by atoms with Crippen molar-refractivity contribution < 1.29 is 14.7 Å². The van der Waals surface area contributed by atoms with Gasteiger partial charge in [-0.05, 0) is 18.1 Å². The number of carbonyl (C=O) groups is 2. The minimum atomic E-state index is -0.908. The molecule has 0 radical (unpaired) electrons. The van der Waals surface area contributed by atoms with Crippen molar-refractivity contribution in [2.45, 2.75) is 32.6 Å². The van der Waals surface area contributed by atoms with Crippen molar-refractivity contribution in [3.8, 4) is 0 Å². The van der Waals surface area contributed by atoms with Crippen molar-refractivity contribution in [2.75, 3.05) is 20.1 Å². The second kappa shape index (κ2) is 7.11. The van der Waals surface area contributed by atoms with E-state index in [1.165, 1.54) is 16.0 Å². The summed E-state index contributed by atoms with van der Waals surface area (Å²) in [4.78, 5) is 23.8. The number of amides is 2. The van der Waals surface area contributed by atoms with E-state index in [0.29, 0.717) is 6.54 Å². The van der Waals surface area contributed by atoms with Gasteiger partial charge in [-0.3, -0.25) is 4.79 Å². The Labute approximate surface area is 126 Å². The number of nitrogens with one attached hydrogen (secondary N) is 1. The Morgan fingerprint density at radius 3 is 2.48 bits per heavy atom. The van der Waals surface area contributed by atoms with Gasteiger partial charge in [0.25, 0.3) is 0 Å². The van der Waals surface area contributed by atoms with Gasteiger partial charge in [0.15, 0.2) is 0 Å². The van der Waals surface area contributed by atoms with E-state index in [1.807, 2.05) is 12.1 Å². The molecular formula is C16H24N2O3. The Morgan fingerprint density at radius 1 is 1.29 bits per heavy atom. The van der Waals surface area contributed by atoms with Crippen LogP contribution >= 0.6 is 0 Å². The van der Waals surface area contributed by atoms with Gasteiger partial charge in [-0.1, -0.05) is 38.1 Å². The van der Waals surface area contributed by atoms with E-state index >= 15 is 0 Å². The molecule has 0 saturated carbocycles. The van der Waals surface area contributed by atoms with E-state index in [9.17, 15) is 9.59 Å². The Balaban J connectivity index is 2.59. The zero-order valence-electron chi connectivity index (χ0n) is 13.1. The highest BCUT2D eigenvalue weighted by Gasteiger charge is 2.23. The molecule has 0 aliphatic carbocycles. The molecule has 0 saturated heterocycles. The fourth-order valence-electron chi connectivity index (χ4n) is 2.22. The molecule has 0 aromatic heterocycles. The van der Waals surface area contributed by atoms with E-state index in [1.54, 1.807) is 7.05 Å². The fourth-order valence-corrected chi connectivity index (χ4v) is 2.22. The highest BCUT2D eigenvalue weighted by atomic mass is 16.4. The van der Waals surface area contributed by atoms with Crippen LogP contribution in [0.15, 0.2) is 24.3 Å². The summed E-state index contributed by atoms with van der Waals surface area (Å²) < 4.78 is 0. The maximum absolute atomic E-state index is 11.9. The van der Waals surface area contributed by atoms with E-state index in [0.717, 1.165) is 0 Å². The average Bonchev–Trinajstić information content (AvgIpc) is 2.42. The van der Waals surface area contributed by atoms with Crippen LogP contribution in [0.4, 0.5) is 4.79 Å². The molecule has 1 aromatic carbocycles. The minimum absolute atomic E-state index is 0.0505. The van der Waals surface area contributed by atoms with Gasteiger partial charge < -0.3 is 15.3 Å². The molecule has 1 aromatic rings. The first-order valence-electron chi connectivity index (χ1n) is 7.01. The third-order valence-electron chi connectivity index (χ3n) is 3.56. The number of urea groups is 1. The summed E-state index contributed by atoms with van der Waals surface area (Å²) in [7, 11) is 1.60. The largest absolute Gasteiger partial charge is 0.481 e. The number of benzene rings is 1. The molecule has 0 fully saturated rings. The lowest BCUT2D eigenvalue weighted by molar-refractivity contribution is -0.137. The summed E-state index contributed by atoms with van der Waals surface area (Å²) in [5, 5.41) is 11.5. The third kappa shape index (κ3) is 5.10. The first-order chi connectivity index (χ1) is 9.74. The second-order valence-electron chi connectivity index (χ2n) is 5.92. The molecule has 5 heteroatoms. The lowest BCUT2D eigenvalue weighted by Crippen LogP contribution is -2.43. The molecule has 0 aliphatic heterocycles. The second-order valence-corrected chi connectivity index (χ2v) is 5.92. The van der Waals surface area contributed by atoms with Crippen LogP contribution in [0.2, 0.25) is 0 Å². The number of carboxylic acid groups (broad SMARTS) is 1. The van der Waals surface area contributed by atoms with Crippen molar-refractivity contribution >= 4 is 12.0 Å². The van der Waals surface area contributed by atoms with Crippen LogP contribution in [-0.4, -0.2) is 42.1 Å². The molecular weight excluding hydrogens is 268 g/mol. The monoisotopic (exact) mass is 292 g/mol. The zero-order valence-corrected chi connectivity index (χ0v) is 13.1. The zero-order chi connectivity index (χ0) is 16.0. The quantitative estimate of drug-likeness (QED) is 0.846. The standard InChI is InChI=1S/C16H24N2O3/c1-12-7-5-6-8-13(12)16(2,3)11-17-15(21)18(4)10-9-14(19)20/h5-8H,9-11H2,1-4H3,(H,17,21)(H,19,20). The SMILES string of the molecule is Cc1ccccc1C(C)(C)CNC(=O)N(C)CCC(=O)O. The van der Waals surface area contributed by atoms with Crippen LogP contribution < -0.4 is 5.32 Å². The van der Waals surface area contributed by atoms with Crippen LogP contribution in [0.1, 0.15) is 31.4 Å². The van der Waals surface area contributed by atoms with Crippen molar-refractivity contribution in [1.82, 2.24) is 10.2 Å². The van der Waals surface area contributed by atoms with E-state index in [2.05, 4.69) is 38.2 Å². The van der Waals surface area contributed by atoms with E-state index in [-0.39, 0.29) is 24.4 Å². The van der Waals surface area contributed by atoms with Gasteiger partial charge in [-0.2, -0.15) is 0 Å². The highest BCUT2D eigenvalue weighted by Crippen LogP contribution is 2.25. The van der Waals surface area contributed by atoms with Gasteiger partial charge in [-0.15, -0.1) is 0 Å². The number of carboxylic acids is 1. The topological polar surface area (TPSA) is 69.6 Å². The molecule has 2 N–H and O–H groups in total. The van der Waals surface area contributed by atoms with Crippen LogP contribution in [-0.2, 0) is 10.2 Å². The summed E-state index contributed by atoms with van der Waals surface area (Å²) >= 11 is 0. The van der Waals surface area contributed by atoms with Crippen molar-refractivity contribution in [2.24, 2.45) is 0 Å². The Hall–Kier alpha value is -2.04. The van der Waals surface area contributed by atoms with E-state index in [4.69, 9.17) is 5.11 Å². The Bertz CT molecular complexity index is 512. The van der Waals surface area contributed by atoms with Crippen molar-refractivity contribution in [3.63, 3.8) is 0 Å². The van der Waals surface area contributed by atoms with Gasteiger partial charge in [-0.25, -0.2) is 4.79 Å². The average molecular weight is 292 g/mol. The summed E-state index contributed by atoms with van der Waals surface area (Å²) in [5.41, 5.74) is 2.20. The number of aryl methyl sites for hydroxylation is 1. The smallest absolute Gasteiger partial charge is 0.317 e. The van der Waals surface area contributed by atoms with E-state index < -0.39 is 5.97 Å². The molecule has 0 spiro atoms. The lowest BCUT2D eigenvalue weighted by atomic mass is 9.82. The number of hydrogen-bond donors (Lipinski definition) is 2. The molecule has 0 bridgehead atoms. The molecule has 0 aliphatic rings. The number of aliphatic carboxylic acids is 1. The van der Waals surface area contributed by atoms with Gasteiger partial charge in [0.2, 0.25) is 0 Å². The maximum atomic E-state index is 11.9.